The fourth-order valence-corrected chi connectivity index (χ4v) is 2.93. The summed E-state index contributed by atoms with van der Waals surface area (Å²) in [4.78, 5) is 11.8. The van der Waals surface area contributed by atoms with Gasteiger partial charge in [0.25, 0.3) is 0 Å². The number of hydrogen-bond acceptors (Lipinski definition) is 2. The van der Waals surface area contributed by atoms with Gasteiger partial charge in [-0.05, 0) is 50.6 Å². The molecule has 0 aromatic rings. The molecule has 3 atom stereocenters. The summed E-state index contributed by atoms with van der Waals surface area (Å²) in [5, 5.41) is 6.53. The van der Waals surface area contributed by atoms with Gasteiger partial charge < -0.3 is 10.6 Å². The van der Waals surface area contributed by atoms with Gasteiger partial charge in [0.1, 0.15) is 0 Å². The summed E-state index contributed by atoms with van der Waals surface area (Å²) in [6.45, 7) is 2.27. The maximum Gasteiger partial charge on any atom is 0.223 e. The molecule has 0 aromatic heterocycles. The van der Waals surface area contributed by atoms with Gasteiger partial charge in [-0.3, -0.25) is 4.79 Å². The minimum atomic E-state index is 0.327. The number of hydrogen-bond donors (Lipinski definition) is 2. The van der Waals surface area contributed by atoms with Crippen molar-refractivity contribution in [3.8, 4) is 0 Å². The van der Waals surface area contributed by atoms with Gasteiger partial charge in [0.15, 0.2) is 0 Å². The Labute approximate surface area is 84.6 Å². The molecule has 3 nitrogen and oxygen atoms in total. The van der Waals surface area contributed by atoms with E-state index in [1.807, 2.05) is 0 Å². The minimum Gasteiger partial charge on any atom is -0.353 e. The molecule has 1 saturated heterocycles. The van der Waals surface area contributed by atoms with Crippen LogP contribution in [0.3, 0.4) is 0 Å². The van der Waals surface area contributed by atoms with E-state index in [9.17, 15) is 4.79 Å². The normalized spacial score (nSPS) is 41.0. The van der Waals surface area contributed by atoms with Crippen LogP contribution in [0.1, 0.15) is 25.7 Å². The first-order valence-corrected chi connectivity index (χ1v) is 5.84. The van der Waals surface area contributed by atoms with Gasteiger partial charge in [-0.15, -0.1) is 0 Å². The monoisotopic (exact) mass is 194 g/mol. The van der Waals surface area contributed by atoms with E-state index in [4.69, 9.17) is 0 Å². The maximum atomic E-state index is 11.8. The lowest BCUT2D eigenvalue weighted by Gasteiger charge is -2.11. The van der Waals surface area contributed by atoms with Gasteiger partial charge in [0.2, 0.25) is 5.91 Å². The minimum absolute atomic E-state index is 0.327. The summed E-state index contributed by atoms with van der Waals surface area (Å²) in [7, 11) is 0. The smallest absolute Gasteiger partial charge is 0.223 e. The van der Waals surface area contributed by atoms with E-state index in [1.54, 1.807) is 0 Å². The van der Waals surface area contributed by atoms with Crippen LogP contribution in [0.4, 0.5) is 0 Å². The average molecular weight is 194 g/mol. The highest BCUT2D eigenvalue weighted by molar-refractivity contribution is 5.79. The van der Waals surface area contributed by atoms with E-state index in [0.717, 1.165) is 37.8 Å². The third-order valence-electron chi connectivity index (χ3n) is 3.95. The second-order valence-electron chi connectivity index (χ2n) is 5.13. The number of amides is 1. The van der Waals surface area contributed by atoms with Crippen molar-refractivity contribution in [2.24, 2.45) is 17.8 Å². The molecule has 1 aliphatic heterocycles. The molecule has 1 unspecified atom stereocenters. The Hall–Kier alpha value is -0.570. The number of carbonyl (C=O) groups excluding carboxylic acids is 1. The third kappa shape index (κ3) is 1.54. The molecule has 3 heteroatoms. The molecule has 2 aliphatic carbocycles. The Morgan fingerprint density at radius 2 is 1.79 bits per heavy atom. The lowest BCUT2D eigenvalue weighted by atomic mass is 10.0. The lowest BCUT2D eigenvalue weighted by Crippen LogP contribution is -2.32. The van der Waals surface area contributed by atoms with E-state index < -0.39 is 0 Å². The molecule has 14 heavy (non-hydrogen) atoms. The molecule has 1 heterocycles. The van der Waals surface area contributed by atoms with Crippen LogP contribution in [0, 0.1) is 17.8 Å². The Bertz CT molecular complexity index is 238. The van der Waals surface area contributed by atoms with Crippen LogP contribution >= 0.6 is 0 Å². The first-order valence-electron chi connectivity index (χ1n) is 5.84. The van der Waals surface area contributed by atoms with E-state index in [-0.39, 0.29) is 0 Å². The van der Waals surface area contributed by atoms with Crippen molar-refractivity contribution in [3.63, 3.8) is 0 Å². The lowest BCUT2D eigenvalue weighted by molar-refractivity contribution is -0.125. The topological polar surface area (TPSA) is 41.1 Å². The van der Waals surface area contributed by atoms with Crippen LogP contribution in [0.2, 0.25) is 0 Å². The van der Waals surface area contributed by atoms with Crippen molar-refractivity contribution in [3.05, 3.63) is 0 Å². The van der Waals surface area contributed by atoms with Crippen molar-refractivity contribution < 1.29 is 4.79 Å². The fourth-order valence-electron chi connectivity index (χ4n) is 2.93. The number of nitrogens with one attached hydrogen (secondary N) is 2. The summed E-state index contributed by atoms with van der Waals surface area (Å²) < 4.78 is 0. The SMILES string of the molecule is O=C(NC1CC1)C1C[C@H]2CNC[C@H]2C1. The quantitative estimate of drug-likeness (QED) is 0.672. The molecule has 2 saturated carbocycles. The van der Waals surface area contributed by atoms with Crippen molar-refractivity contribution in [1.82, 2.24) is 10.6 Å². The van der Waals surface area contributed by atoms with Gasteiger partial charge in [-0.25, -0.2) is 0 Å². The molecule has 3 rings (SSSR count). The van der Waals surface area contributed by atoms with Gasteiger partial charge in [0, 0.05) is 12.0 Å². The Morgan fingerprint density at radius 3 is 2.36 bits per heavy atom. The van der Waals surface area contributed by atoms with Gasteiger partial charge in [-0.2, -0.15) is 0 Å². The molecule has 1 amide bonds. The predicted molar refractivity (Wildman–Crippen MR) is 53.7 cm³/mol. The third-order valence-corrected chi connectivity index (χ3v) is 3.95. The summed E-state index contributed by atoms with van der Waals surface area (Å²) in [5.41, 5.74) is 0. The van der Waals surface area contributed by atoms with Crippen molar-refractivity contribution in [2.45, 2.75) is 31.7 Å². The molecule has 2 N–H and O–H groups in total. The van der Waals surface area contributed by atoms with E-state index in [2.05, 4.69) is 10.6 Å². The highest BCUT2D eigenvalue weighted by Gasteiger charge is 2.41. The van der Waals surface area contributed by atoms with Crippen LogP contribution < -0.4 is 10.6 Å². The summed E-state index contributed by atoms with van der Waals surface area (Å²) in [5.74, 6) is 2.23. The second-order valence-corrected chi connectivity index (χ2v) is 5.13. The van der Waals surface area contributed by atoms with Gasteiger partial charge >= 0.3 is 0 Å². The molecule has 0 aromatic carbocycles. The zero-order valence-electron chi connectivity index (χ0n) is 8.46. The van der Waals surface area contributed by atoms with E-state index in [1.165, 1.54) is 12.8 Å². The average Bonchev–Trinajstić information content (AvgIpc) is 2.73. The van der Waals surface area contributed by atoms with E-state index >= 15 is 0 Å². The van der Waals surface area contributed by atoms with Crippen LogP contribution in [0.25, 0.3) is 0 Å². The first kappa shape index (κ1) is 8.72. The molecule has 0 spiro atoms. The predicted octanol–water partition coefficient (Wildman–Crippen LogP) is 0.511. The second kappa shape index (κ2) is 3.23. The maximum absolute atomic E-state index is 11.8. The molecule has 3 aliphatic rings. The van der Waals surface area contributed by atoms with Gasteiger partial charge in [-0.1, -0.05) is 0 Å². The van der Waals surface area contributed by atoms with Crippen LogP contribution in [-0.2, 0) is 4.79 Å². The summed E-state index contributed by atoms with van der Waals surface area (Å²) >= 11 is 0. The Balaban J connectivity index is 1.56. The van der Waals surface area contributed by atoms with Crippen molar-refractivity contribution >= 4 is 5.91 Å². The molecule has 3 fully saturated rings. The largest absolute Gasteiger partial charge is 0.353 e. The zero-order valence-corrected chi connectivity index (χ0v) is 8.46. The number of carbonyl (C=O) groups is 1. The fraction of sp³-hybridized carbons (Fsp3) is 0.909. The highest BCUT2D eigenvalue weighted by Crippen LogP contribution is 2.38. The molecule has 0 bridgehead atoms. The standard InChI is InChI=1S/C11H18N2O/c14-11(13-10-1-2-10)7-3-8-5-12-6-9(8)4-7/h7-10,12H,1-6H2,(H,13,14)/t7?,8-,9+. The van der Waals surface area contributed by atoms with Crippen LogP contribution in [0.15, 0.2) is 0 Å². The number of rotatable bonds is 2. The zero-order chi connectivity index (χ0) is 9.54. The van der Waals surface area contributed by atoms with Gasteiger partial charge in [0.05, 0.1) is 0 Å². The summed E-state index contributed by atoms with van der Waals surface area (Å²) in [6.07, 6.45) is 4.65. The molecule has 0 radical (unpaired) electrons. The molecular formula is C11H18N2O. The first-order chi connectivity index (χ1) is 6.83. The van der Waals surface area contributed by atoms with Crippen molar-refractivity contribution in [2.75, 3.05) is 13.1 Å². The van der Waals surface area contributed by atoms with Crippen LogP contribution in [0.5, 0.6) is 0 Å². The van der Waals surface area contributed by atoms with Crippen LogP contribution in [-0.4, -0.2) is 25.0 Å². The summed E-state index contributed by atoms with van der Waals surface area (Å²) in [6, 6.07) is 0.529. The Kier molecular flexibility index (Phi) is 2.01. The number of fused-ring (bicyclic) bond motifs is 1. The van der Waals surface area contributed by atoms with E-state index in [0.29, 0.717) is 17.9 Å². The highest BCUT2D eigenvalue weighted by atomic mass is 16.2. The molecule has 78 valence electrons. The Morgan fingerprint density at radius 1 is 1.14 bits per heavy atom. The van der Waals surface area contributed by atoms with Crippen molar-refractivity contribution in [1.29, 1.82) is 0 Å². The molecular weight excluding hydrogens is 176 g/mol.